The first-order chi connectivity index (χ1) is 21.3. The summed E-state index contributed by atoms with van der Waals surface area (Å²) < 4.78 is 11.5. The molecule has 0 N–H and O–H groups in total. The Labute approximate surface area is 249 Å². The number of benzene rings is 6. The first-order valence-electron chi connectivity index (χ1n) is 14.5. The fourth-order valence-electron chi connectivity index (χ4n) is 6.98. The van der Waals surface area contributed by atoms with Crippen LogP contribution >= 0.6 is 11.3 Å². The number of rotatable bonds is 2. The fourth-order valence-corrected chi connectivity index (χ4v) is 8.24. The molecule has 4 aromatic heterocycles. The van der Waals surface area contributed by atoms with Gasteiger partial charge in [-0.3, -0.25) is 4.57 Å². The molecule has 0 saturated heterocycles. The molecule has 43 heavy (non-hydrogen) atoms. The summed E-state index contributed by atoms with van der Waals surface area (Å²) >= 11 is 1.87. The molecule has 4 heterocycles. The lowest BCUT2D eigenvalue weighted by Crippen LogP contribution is -1.99. The van der Waals surface area contributed by atoms with Crippen molar-refractivity contribution >= 4 is 86.0 Å². The maximum Gasteiger partial charge on any atom is 0.161 e. The van der Waals surface area contributed by atoms with E-state index in [1.165, 1.54) is 47.2 Å². The summed E-state index contributed by atoms with van der Waals surface area (Å²) in [6.45, 7) is 0. The maximum atomic E-state index is 6.48. The number of fused-ring (bicyclic) bond motifs is 13. The Bertz CT molecular complexity index is 2730. The van der Waals surface area contributed by atoms with Gasteiger partial charge in [0.1, 0.15) is 17.1 Å². The standard InChI is InChI=1S/C39H22N2OS/c1-2-12-23(13-3-1)36-38-29(24-14-7-10-20-31(24)42-38)22-33(40-36)41-30-19-9-6-17-27(30)34-25-15-4-5-16-26(25)35-28-18-8-11-21-32(28)43-39(35)37(34)41/h1-22H. The molecule has 3 nitrogen and oxygen atoms in total. The van der Waals surface area contributed by atoms with Crippen LogP contribution in [0.5, 0.6) is 0 Å². The zero-order valence-electron chi connectivity index (χ0n) is 22.9. The van der Waals surface area contributed by atoms with Crippen LogP contribution in [0.4, 0.5) is 0 Å². The van der Waals surface area contributed by atoms with Gasteiger partial charge < -0.3 is 4.42 Å². The Morgan fingerprint density at radius 2 is 1.21 bits per heavy atom. The minimum atomic E-state index is 0.814. The van der Waals surface area contributed by atoms with E-state index in [2.05, 4.69) is 120 Å². The lowest BCUT2D eigenvalue weighted by Gasteiger charge is -2.12. The van der Waals surface area contributed by atoms with Crippen molar-refractivity contribution < 1.29 is 4.42 Å². The van der Waals surface area contributed by atoms with E-state index in [9.17, 15) is 0 Å². The highest BCUT2D eigenvalue weighted by molar-refractivity contribution is 7.27. The first-order valence-corrected chi connectivity index (χ1v) is 15.3. The molecule has 4 heteroatoms. The summed E-state index contributed by atoms with van der Waals surface area (Å²) in [5.41, 5.74) is 5.92. The quantitative estimate of drug-likeness (QED) is 0.208. The first kappa shape index (κ1) is 23.1. The molecule has 6 aromatic carbocycles. The van der Waals surface area contributed by atoms with Crippen LogP contribution in [-0.4, -0.2) is 9.55 Å². The van der Waals surface area contributed by atoms with Gasteiger partial charge in [0.2, 0.25) is 0 Å². The van der Waals surface area contributed by atoms with Crippen molar-refractivity contribution in [2.24, 2.45) is 0 Å². The molecular weight excluding hydrogens is 545 g/mol. The summed E-state index contributed by atoms with van der Waals surface area (Å²) in [5, 5.41) is 9.83. The van der Waals surface area contributed by atoms with E-state index in [4.69, 9.17) is 9.40 Å². The van der Waals surface area contributed by atoms with Crippen molar-refractivity contribution in [3.05, 3.63) is 133 Å². The number of nitrogens with zero attached hydrogens (tertiary/aromatic N) is 2. The molecule has 10 aromatic rings. The van der Waals surface area contributed by atoms with Crippen molar-refractivity contribution in [1.82, 2.24) is 9.55 Å². The van der Waals surface area contributed by atoms with Gasteiger partial charge in [0.15, 0.2) is 5.58 Å². The van der Waals surface area contributed by atoms with Crippen LogP contribution in [-0.2, 0) is 0 Å². The van der Waals surface area contributed by atoms with Gasteiger partial charge in [-0.25, -0.2) is 4.98 Å². The van der Waals surface area contributed by atoms with Crippen molar-refractivity contribution in [3.8, 4) is 17.1 Å². The number of para-hydroxylation sites is 2. The Morgan fingerprint density at radius 1 is 0.558 bits per heavy atom. The van der Waals surface area contributed by atoms with Crippen LogP contribution in [0.25, 0.3) is 91.8 Å². The van der Waals surface area contributed by atoms with Gasteiger partial charge in [0.25, 0.3) is 0 Å². The number of aromatic nitrogens is 2. The van der Waals surface area contributed by atoms with Crippen LogP contribution in [0, 0.1) is 0 Å². The van der Waals surface area contributed by atoms with Crippen molar-refractivity contribution in [2.45, 2.75) is 0 Å². The van der Waals surface area contributed by atoms with Crippen molar-refractivity contribution in [1.29, 1.82) is 0 Å². The van der Waals surface area contributed by atoms with E-state index in [-0.39, 0.29) is 0 Å². The molecule has 0 atom stereocenters. The molecule has 0 aliphatic heterocycles. The van der Waals surface area contributed by atoms with Crippen molar-refractivity contribution in [3.63, 3.8) is 0 Å². The van der Waals surface area contributed by atoms with Gasteiger partial charge in [-0.05, 0) is 35.0 Å². The number of furan rings is 1. The summed E-state index contributed by atoms with van der Waals surface area (Å²) in [6, 6.07) is 47.3. The zero-order valence-corrected chi connectivity index (χ0v) is 23.7. The van der Waals surface area contributed by atoms with Gasteiger partial charge in [-0.2, -0.15) is 0 Å². The molecule has 0 radical (unpaired) electrons. The number of pyridine rings is 1. The summed E-state index contributed by atoms with van der Waals surface area (Å²) in [5.74, 6) is 0.887. The van der Waals surface area contributed by atoms with Gasteiger partial charge >= 0.3 is 0 Å². The second-order valence-corrected chi connectivity index (χ2v) is 12.1. The van der Waals surface area contributed by atoms with Crippen LogP contribution in [0.3, 0.4) is 0 Å². The van der Waals surface area contributed by atoms with Gasteiger partial charge in [0, 0.05) is 42.6 Å². The van der Waals surface area contributed by atoms with E-state index in [1.54, 1.807) is 0 Å². The third-order valence-corrected chi connectivity index (χ3v) is 9.95. The Balaban J connectivity index is 1.46. The highest BCUT2D eigenvalue weighted by Crippen LogP contribution is 2.48. The van der Waals surface area contributed by atoms with Crippen LogP contribution in [0.1, 0.15) is 0 Å². The van der Waals surface area contributed by atoms with Crippen LogP contribution in [0.2, 0.25) is 0 Å². The lowest BCUT2D eigenvalue weighted by atomic mass is 9.99. The van der Waals surface area contributed by atoms with E-state index in [1.807, 2.05) is 29.5 Å². The zero-order chi connectivity index (χ0) is 28.1. The normalized spacial score (nSPS) is 12.2. The lowest BCUT2D eigenvalue weighted by molar-refractivity contribution is 0.668. The average Bonchev–Trinajstić information content (AvgIpc) is 3.75. The van der Waals surface area contributed by atoms with Gasteiger partial charge in [-0.15, -0.1) is 11.3 Å². The molecule has 0 unspecified atom stereocenters. The monoisotopic (exact) mass is 566 g/mol. The number of thiophene rings is 1. The highest BCUT2D eigenvalue weighted by Gasteiger charge is 2.24. The molecule has 0 aliphatic carbocycles. The second kappa shape index (κ2) is 8.54. The Kier molecular flexibility index (Phi) is 4.60. The molecule has 10 rings (SSSR count). The minimum absolute atomic E-state index is 0.814. The molecule has 0 amide bonds. The van der Waals surface area contributed by atoms with E-state index < -0.39 is 0 Å². The summed E-state index contributed by atoms with van der Waals surface area (Å²) in [4.78, 5) is 5.42. The van der Waals surface area contributed by atoms with E-state index in [0.29, 0.717) is 0 Å². The molecule has 0 fully saturated rings. The third kappa shape index (κ3) is 3.10. The molecule has 200 valence electrons. The summed E-state index contributed by atoms with van der Waals surface area (Å²) in [7, 11) is 0. The number of hydrogen-bond donors (Lipinski definition) is 0. The third-order valence-electron chi connectivity index (χ3n) is 8.78. The second-order valence-electron chi connectivity index (χ2n) is 11.1. The highest BCUT2D eigenvalue weighted by atomic mass is 32.1. The smallest absolute Gasteiger partial charge is 0.161 e. The Hall–Kier alpha value is -5.45. The molecule has 0 saturated carbocycles. The minimum Gasteiger partial charge on any atom is -0.454 e. The van der Waals surface area contributed by atoms with E-state index in [0.717, 1.165) is 44.5 Å². The predicted molar refractivity (Wildman–Crippen MR) is 182 cm³/mol. The van der Waals surface area contributed by atoms with Gasteiger partial charge in [0.05, 0.1) is 15.7 Å². The van der Waals surface area contributed by atoms with Crippen LogP contribution in [0.15, 0.2) is 138 Å². The molecule has 0 spiro atoms. The molecule has 0 aliphatic rings. The van der Waals surface area contributed by atoms with Crippen molar-refractivity contribution in [2.75, 3.05) is 0 Å². The summed E-state index contributed by atoms with van der Waals surface area (Å²) in [6.07, 6.45) is 0. The predicted octanol–water partition coefficient (Wildman–Crippen LogP) is 11.3. The number of hydrogen-bond acceptors (Lipinski definition) is 3. The molecular formula is C39H22N2OS. The maximum absolute atomic E-state index is 6.48. The van der Waals surface area contributed by atoms with Crippen LogP contribution < -0.4 is 0 Å². The van der Waals surface area contributed by atoms with E-state index >= 15 is 0 Å². The Morgan fingerprint density at radius 3 is 2.05 bits per heavy atom. The molecule has 0 bridgehead atoms. The SMILES string of the molecule is c1ccc(-c2nc(-n3c4ccccc4c4c5ccccc5c5c6ccccc6sc5c43)cc3c2oc2ccccc23)cc1. The average molecular weight is 567 g/mol. The largest absolute Gasteiger partial charge is 0.454 e. The fraction of sp³-hybridized carbons (Fsp3) is 0. The topological polar surface area (TPSA) is 31.0 Å². The van der Waals surface area contributed by atoms with Gasteiger partial charge in [-0.1, -0.05) is 109 Å².